The minimum atomic E-state index is -0.253. The zero-order chi connectivity index (χ0) is 18.8. The van der Waals surface area contributed by atoms with Gasteiger partial charge in [0.05, 0.1) is 17.8 Å². The van der Waals surface area contributed by atoms with Crippen molar-refractivity contribution in [3.05, 3.63) is 29.8 Å². The van der Waals surface area contributed by atoms with Gasteiger partial charge in [0.2, 0.25) is 18.6 Å². The van der Waals surface area contributed by atoms with Gasteiger partial charge in [0.1, 0.15) is 0 Å². The summed E-state index contributed by atoms with van der Waals surface area (Å²) in [6, 6.07) is 5.00. The van der Waals surface area contributed by atoms with Crippen LogP contribution in [-0.2, 0) is 9.59 Å². The van der Waals surface area contributed by atoms with Crippen LogP contribution in [0.15, 0.2) is 24.3 Å². The molecule has 0 spiro atoms. The van der Waals surface area contributed by atoms with Crippen molar-refractivity contribution in [2.45, 2.75) is 37.8 Å². The van der Waals surface area contributed by atoms with Crippen LogP contribution in [0.3, 0.4) is 0 Å². The van der Waals surface area contributed by atoms with Crippen LogP contribution in [0.2, 0.25) is 0 Å². The van der Waals surface area contributed by atoms with E-state index in [0.29, 0.717) is 11.5 Å². The van der Waals surface area contributed by atoms with Gasteiger partial charge in [-0.2, -0.15) is 0 Å². The van der Waals surface area contributed by atoms with Gasteiger partial charge < -0.3 is 14.8 Å². The van der Waals surface area contributed by atoms with Crippen molar-refractivity contribution in [1.29, 1.82) is 0 Å². The molecule has 0 bridgehead atoms. The van der Waals surface area contributed by atoms with Crippen LogP contribution in [0.1, 0.15) is 31.2 Å². The van der Waals surface area contributed by atoms with Gasteiger partial charge in [0, 0.05) is 6.08 Å². The summed E-state index contributed by atoms with van der Waals surface area (Å²) in [5.41, 5.74) is 0.830. The van der Waals surface area contributed by atoms with Crippen LogP contribution in [0.25, 0.3) is 6.08 Å². The SMILES string of the molecule is O=C(/C=C/c1ccc2c(c1)OCO2)NC1CCCCC1N1C(=O)CSC1=O. The average Bonchev–Trinajstić information content (AvgIpc) is 3.26. The van der Waals surface area contributed by atoms with Crippen molar-refractivity contribution < 1.29 is 23.9 Å². The lowest BCUT2D eigenvalue weighted by atomic mass is 9.89. The van der Waals surface area contributed by atoms with E-state index < -0.39 is 0 Å². The first-order chi connectivity index (χ1) is 13.1. The van der Waals surface area contributed by atoms with Gasteiger partial charge in [0.25, 0.3) is 5.24 Å². The summed E-state index contributed by atoms with van der Waals surface area (Å²) in [5, 5.41) is 2.77. The van der Waals surface area contributed by atoms with E-state index in [1.54, 1.807) is 12.1 Å². The highest BCUT2D eigenvalue weighted by atomic mass is 32.2. The molecule has 1 N–H and O–H groups in total. The Kier molecular flexibility index (Phi) is 5.07. The largest absolute Gasteiger partial charge is 0.454 e. The van der Waals surface area contributed by atoms with E-state index in [-0.39, 0.29) is 41.7 Å². The van der Waals surface area contributed by atoms with Crippen LogP contribution >= 0.6 is 11.8 Å². The van der Waals surface area contributed by atoms with Crippen molar-refractivity contribution in [1.82, 2.24) is 10.2 Å². The molecule has 1 saturated carbocycles. The number of imide groups is 1. The van der Waals surface area contributed by atoms with Gasteiger partial charge in [-0.3, -0.25) is 19.3 Å². The van der Waals surface area contributed by atoms with E-state index >= 15 is 0 Å². The summed E-state index contributed by atoms with van der Waals surface area (Å²) in [6.45, 7) is 0.207. The third-order valence-corrected chi connectivity index (χ3v) is 5.83. The van der Waals surface area contributed by atoms with Gasteiger partial charge in [-0.1, -0.05) is 30.7 Å². The molecular weight excluding hydrogens is 368 g/mol. The summed E-state index contributed by atoms with van der Waals surface area (Å²) in [4.78, 5) is 37.8. The van der Waals surface area contributed by atoms with Gasteiger partial charge >= 0.3 is 0 Å². The Morgan fingerprint density at radius 2 is 2.00 bits per heavy atom. The first-order valence-corrected chi connectivity index (χ1v) is 9.97. The van der Waals surface area contributed by atoms with Crippen molar-refractivity contribution in [2.24, 2.45) is 0 Å². The molecule has 2 atom stereocenters. The Balaban J connectivity index is 1.41. The molecule has 27 heavy (non-hydrogen) atoms. The average molecular weight is 388 g/mol. The lowest BCUT2D eigenvalue weighted by Crippen LogP contribution is -2.54. The summed E-state index contributed by atoms with van der Waals surface area (Å²) >= 11 is 1.03. The zero-order valence-electron chi connectivity index (χ0n) is 14.7. The van der Waals surface area contributed by atoms with E-state index in [0.717, 1.165) is 43.0 Å². The van der Waals surface area contributed by atoms with Crippen LogP contribution in [0.5, 0.6) is 11.5 Å². The Hall–Kier alpha value is -2.48. The number of nitrogens with one attached hydrogen (secondary N) is 1. The number of fused-ring (bicyclic) bond motifs is 1. The number of thioether (sulfide) groups is 1. The third kappa shape index (κ3) is 3.80. The fourth-order valence-corrected chi connectivity index (χ4v) is 4.46. The quantitative estimate of drug-likeness (QED) is 0.798. The second kappa shape index (κ2) is 7.64. The smallest absolute Gasteiger partial charge is 0.289 e. The van der Waals surface area contributed by atoms with Gasteiger partial charge in [-0.05, 0) is 36.6 Å². The normalized spacial score (nSPS) is 24.7. The highest BCUT2D eigenvalue weighted by Gasteiger charge is 2.40. The van der Waals surface area contributed by atoms with Crippen LogP contribution in [-0.4, -0.2) is 46.6 Å². The van der Waals surface area contributed by atoms with E-state index in [2.05, 4.69) is 5.32 Å². The number of amides is 3. The number of hydrogen-bond acceptors (Lipinski definition) is 6. The van der Waals surface area contributed by atoms with Crippen molar-refractivity contribution in [2.75, 3.05) is 12.5 Å². The molecule has 142 valence electrons. The van der Waals surface area contributed by atoms with Crippen molar-refractivity contribution >= 4 is 34.9 Å². The molecule has 7 nitrogen and oxygen atoms in total. The molecule has 2 heterocycles. The van der Waals surface area contributed by atoms with Gasteiger partial charge in [-0.15, -0.1) is 0 Å². The fraction of sp³-hybridized carbons (Fsp3) is 0.421. The summed E-state index contributed by atoms with van der Waals surface area (Å²) in [7, 11) is 0. The highest BCUT2D eigenvalue weighted by molar-refractivity contribution is 8.14. The molecular formula is C19H20N2O5S. The van der Waals surface area contributed by atoms with Gasteiger partial charge in [-0.25, -0.2) is 0 Å². The number of hydrogen-bond donors (Lipinski definition) is 1. The summed E-state index contributed by atoms with van der Waals surface area (Å²) < 4.78 is 10.6. The lowest BCUT2D eigenvalue weighted by Gasteiger charge is -2.36. The zero-order valence-corrected chi connectivity index (χ0v) is 15.5. The predicted molar refractivity (Wildman–Crippen MR) is 100 cm³/mol. The number of ether oxygens (including phenoxy) is 2. The van der Waals surface area contributed by atoms with E-state index in [1.165, 1.54) is 11.0 Å². The molecule has 8 heteroatoms. The predicted octanol–water partition coefficient (Wildman–Crippen LogP) is 2.55. The van der Waals surface area contributed by atoms with Crippen molar-refractivity contribution in [3.8, 4) is 11.5 Å². The van der Waals surface area contributed by atoms with E-state index in [4.69, 9.17) is 9.47 Å². The third-order valence-electron chi connectivity index (χ3n) is 5.00. The number of rotatable bonds is 4. The number of benzene rings is 1. The Morgan fingerprint density at radius 3 is 2.81 bits per heavy atom. The molecule has 2 fully saturated rings. The standard InChI is InChI=1S/C19H20N2O5S/c22-17(8-6-12-5-7-15-16(9-12)26-11-25-15)20-13-3-1-2-4-14(13)21-18(23)10-27-19(21)24/h5-9,13-14H,1-4,10-11H2,(H,20,22)/b8-6+. The number of nitrogens with zero attached hydrogens (tertiary/aromatic N) is 1. The Bertz CT molecular complexity index is 793. The first kappa shape index (κ1) is 17.9. The van der Waals surface area contributed by atoms with Crippen molar-refractivity contribution in [3.63, 3.8) is 0 Å². The molecule has 3 aliphatic rings. The minimum absolute atomic E-state index is 0.160. The lowest BCUT2D eigenvalue weighted by molar-refractivity contribution is -0.128. The maximum atomic E-state index is 12.4. The molecule has 0 radical (unpaired) electrons. The minimum Gasteiger partial charge on any atom is -0.454 e. The summed E-state index contributed by atoms with van der Waals surface area (Å²) in [6.07, 6.45) is 6.58. The maximum Gasteiger partial charge on any atom is 0.289 e. The van der Waals surface area contributed by atoms with Gasteiger partial charge in [0.15, 0.2) is 11.5 Å². The Labute approximate surface area is 161 Å². The van der Waals surface area contributed by atoms with E-state index in [1.807, 2.05) is 12.1 Å². The fourth-order valence-electron chi connectivity index (χ4n) is 3.69. The molecule has 0 aromatic heterocycles. The van der Waals surface area contributed by atoms with Crippen LogP contribution in [0.4, 0.5) is 4.79 Å². The van der Waals surface area contributed by atoms with Crippen LogP contribution in [0, 0.1) is 0 Å². The first-order valence-electron chi connectivity index (χ1n) is 8.99. The molecule has 1 aromatic carbocycles. The molecule has 1 saturated heterocycles. The molecule has 1 aliphatic carbocycles. The highest BCUT2D eigenvalue weighted by Crippen LogP contribution is 2.33. The summed E-state index contributed by atoms with van der Waals surface area (Å²) in [5.74, 6) is 1.15. The molecule has 2 unspecified atom stereocenters. The molecule has 2 aliphatic heterocycles. The number of carbonyl (C=O) groups excluding carboxylic acids is 3. The second-order valence-corrected chi connectivity index (χ2v) is 7.66. The molecule has 3 amide bonds. The topological polar surface area (TPSA) is 84.9 Å². The van der Waals surface area contributed by atoms with E-state index in [9.17, 15) is 14.4 Å². The van der Waals surface area contributed by atoms with Crippen LogP contribution < -0.4 is 14.8 Å². The monoisotopic (exact) mass is 388 g/mol. The molecule has 4 rings (SSSR count). The maximum absolute atomic E-state index is 12.4. The molecule has 1 aromatic rings. The Morgan fingerprint density at radius 1 is 1.19 bits per heavy atom. The second-order valence-electron chi connectivity index (χ2n) is 6.73. The number of carbonyl (C=O) groups is 3.